The van der Waals surface area contributed by atoms with Gasteiger partial charge in [0.1, 0.15) is 33.1 Å². The second kappa shape index (κ2) is 4.96. The number of pyridine rings is 2. The smallest absolute Gasteiger partial charge is 0.232 e. The van der Waals surface area contributed by atoms with Gasteiger partial charge in [0.15, 0.2) is 0 Å². The minimum absolute atomic E-state index is 0.364. The summed E-state index contributed by atoms with van der Waals surface area (Å²) in [5.41, 5.74) is -0.728. The Morgan fingerprint density at radius 1 is 0.944 bits per heavy atom. The first kappa shape index (κ1) is 12.9. The summed E-state index contributed by atoms with van der Waals surface area (Å²) in [6, 6.07) is 2.00. The van der Waals surface area contributed by atoms with Gasteiger partial charge < -0.3 is 0 Å². The van der Waals surface area contributed by atoms with E-state index < -0.39 is 27.5 Å². The second-order valence-corrected chi connectivity index (χ2v) is 4.00. The Bertz CT molecular complexity index is 581. The minimum atomic E-state index is -0.844. The van der Waals surface area contributed by atoms with Crippen molar-refractivity contribution < 1.29 is 13.6 Å². The summed E-state index contributed by atoms with van der Waals surface area (Å²) in [7, 11) is 0. The Labute approximate surface area is 110 Å². The number of hydrogen-bond donors (Lipinski definition) is 0. The van der Waals surface area contributed by atoms with Crippen LogP contribution in [0.15, 0.2) is 24.5 Å². The molecule has 7 heteroatoms. The van der Waals surface area contributed by atoms with Crippen LogP contribution in [0.3, 0.4) is 0 Å². The summed E-state index contributed by atoms with van der Waals surface area (Å²) in [4.78, 5) is 19.3. The van der Waals surface area contributed by atoms with Crippen LogP contribution in [0.4, 0.5) is 8.78 Å². The monoisotopic (exact) mass is 288 g/mol. The Hall–Kier alpha value is -1.59. The standard InChI is InChI=1S/C11H4Cl2F2N2O/c12-7-5(14)1-3-16-9(7)11(18)10-8(13)6(15)2-4-17-10/h1-4H. The van der Waals surface area contributed by atoms with E-state index in [1.165, 1.54) is 0 Å². The van der Waals surface area contributed by atoms with Crippen molar-refractivity contribution in [1.82, 2.24) is 9.97 Å². The summed E-state index contributed by atoms with van der Waals surface area (Å²) in [6.45, 7) is 0. The number of carbonyl (C=O) groups excluding carboxylic acids is 1. The fourth-order valence-electron chi connectivity index (χ4n) is 1.27. The molecular formula is C11H4Cl2F2N2O. The molecule has 2 rings (SSSR count). The number of rotatable bonds is 2. The molecule has 0 amide bonds. The summed E-state index contributed by atoms with van der Waals surface area (Å²) in [5, 5.41) is -0.908. The molecule has 0 radical (unpaired) electrons. The lowest BCUT2D eigenvalue weighted by molar-refractivity contribution is 0.102. The van der Waals surface area contributed by atoms with E-state index in [4.69, 9.17) is 23.2 Å². The maximum atomic E-state index is 13.2. The molecule has 0 saturated carbocycles. The molecule has 0 saturated heterocycles. The molecule has 92 valence electrons. The fraction of sp³-hybridized carbons (Fsp3) is 0. The van der Waals surface area contributed by atoms with E-state index in [-0.39, 0.29) is 11.4 Å². The van der Waals surface area contributed by atoms with Gasteiger partial charge in [-0.05, 0) is 12.1 Å². The van der Waals surface area contributed by atoms with Crippen LogP contribution in [-0.2, 0) is 0 Å². The van der Waals surface area contributed by atoms with Crippen LogP contribution in [0, 0.1) is 11.6 Å². The van der Waals surface area contributed by atoms with E-state index in [1.54, 1.807) is 0 Å². The number of hydrogen-bond acceptors (Lipinski definition) is 3. The summed E-state index contributed by atoms with van der Waals surface area (Å²) in [5.74, 6) is -2.45. The molecule has 2 aromatic heterocycles. The van der Waals surface area contributed by atoms with Crippen molar-refractivity contribution in [2.24, 2.45) is 0 Å². The Morgan fingerprint density at radius 2 is 1.33 bits per heavy atom. The molecule has 0 unspecified atom stereocenters. The minimum Gasteiger partial charge on any atom is -0.285 e. The van der Waals surface area contributed by atoms with Crippen LogP contribution in [-0.4, -0.2) is 15.8 Å². The summed E-state index contributed by atoms with van der Waals surface area (Å²) >= 11 is 11.2. The van der Waals surface area contributed by atoms with Crippen LogP contribution < -0.4 is 0 Å². The zero-order chi connectivity index (χ0) is 13.3. The van der Waals surface area contributed by atoms with Crippen molar-refractivity contribution >= 4 is 29.0 Å². The highest BCUT2D eigenvalue weighted by molar-refractivity contribution is 6.37. The highest BCUT2D eigenvalue weighted by Gasteiger charge is 2.22. The highest BCUT2D eigenvalue weighted by Crippen LogP contribution is 2.24. The number of nitrogens with zero attached hydrogens (tertiary/aromatic N) is 2. The molecule has 18 heavy (non-hydrogen) atoms. The van der Waals surface area contributed by atoms with Crippen molar-refractivity contribution in [3.8, 4) is 0 Å². The Kier molecular flexibility index (Phi) is 3.54. The molecule has 2 aromatic rings. The first-order valence-electron chi connectivity index (χ1n) is 4.67. The predicted octanol–water partition coefficient (Wildman–Crippen LogP) is 3.29. The van der Waals surface area contributed by atoms with Crippen LogP contribution in [0.1, 0.15) is 16.2 Å². The van der Waals surface area contributed by atoms with Gasteiger partial charge in [0.2, 0.25) is 5.78 Å². The molecule has 0 aliphatic carbocycles. The molecule has 0 bridgehead atoms. The molecule has 0 fully saturated rings. The molecule has 2 heterocycles. The molecule has 0 aliphatic rings. The fourth-order valence-corrected chi connectivity index (χ4v) is 1.66. The van der Waals surface area contributed by atoms with E-state index >= 15 is 0 Å². The predicted molar refractivity (Wildman–Crippen MR) is 61.8 cm³/mol. The van der Waals surface area contributed by atoms with Gasteiger partial charge in [-0.1, -0.05) is 23.2 Å². The van der Waals surface area contributed by atoms with Crippen molar-refractivity contribution in [2.45, 2.75) is 0 Å². The Morgan fingerprint density at radius 3 is 1.72 bits per heavy atom. The van der Waals surface area contributed by atoms with Gasteiger partial charge >= 0.3 is 0 Å². The summed E-state index contributed by atoms with van der Waals surface area (Å²) in [6.07, 6.45) is 2.14. The number of carbonyl (C=O) groups is 1. The maximum Gasteiger partial charge on any atom is 0.232 e. The van der Waals surface area contributed by atoms with Crippen molar-refractivity contribution in [2.75, 3.05) is 0 Å². The van der Waals surface area contributed by atoms with Crippen molar-refractivity contribution in [3.05, 3.63) is 57.6 Å². The average molecular weight is 289 g/mol. The number of aromatic nitrogens is 2. The van der Waals surface area contributed by atoms with Gasteiger partial charge in [0, 0.05) is 12.4 Å². The first-order valence-corrected chi connectivity index (χ1v) is 5.42. The van der Waals surface area contributed by atoms with Crippen LogP contribution in [0.2, 0.25) is 10.0 Å². The topological polar surface area (TPSA) is 42.9 Å². The Balaban J connectivity index is 2.55. The SMILES string of the molecule is O=C(c1nccc(F)c1Cl)c1nccc(F)c1Cl. The number of ketones is 1. The van der Waals surface area contributed by atoms with Gasteiger partial charge in [-0.3, -0.25) is 14.8 Å². The zero-order valence-electron chi connectivity index (χ0n) is 8.62. The maximum absolute atomic E-state index is 13.2. The number of halogens is 4. The quantitative estimate of drug-likeness (QED) is 0.797. The van der Waals surface area contributed by atoms with Crippen LogP contribution in [0.25, 0.3) is 0 Å². The molecule has 3 nitrogen and oxygen atoms in total. The lowest BCUT2D eigenvalue weighted by atomic mass is 10.1. The van der Waals surface area contributed by atoms with Crippen LogP contribution >= 0.6 is 23.2 Å². The third kappa shape index (κ3) is 2.19. The molecular weight excluding hydrogens is 285 g/mol. The first-order chi connectivity index (χ1) is 8.52. The zero-order valence-corrected chi connectivity index (χ0v) is 10.1. The van der Waals surface area contributed by atoms with E-state index in [0.717, 1.165) is 24.5 Å². The van der Waals surface area contributed by atoms with E-state index in [1.807, 2.05) is 0 Å². The third-order valence-electron chi connectivity index (χ3n) is 2.11. The normalized spacial score (nSPS) is 10.4. The molecule has 0 spiro atoms. The second-order valence-electron chi connectivity index (χ2n) is 3.24. The van der Waals surface area contributed by atoms with Gasteiger partial charge in [-0.2, -0.15) is 0 Å². The highest BCUT2D eigenvalue weighted by atomic mass is 35.5. The van der Waals surface area contributed by atoms with Gasteiger partial charge in [-0.25, -0.2) is 8.78 Å². The van der Waals surface area contributed by atoms with Crippen molar-refractivity contribution in [1.29, 1.82) is 0 Å². The van der Waals surface area contributed by atoms with E-state index in [2.05, 4.69) is 9.97 Å². The largest absolute Gasteiger partial charge is 0.285 e. The third-order valence-corrected chi connectivity index (χ3v) is 2.83. The molecule has 0 atom stereocenters. The van der Waals surface area contributed by atoms with Crippen molar-refractivity contribution in [3.63, 3.8) is 0 Å². The van der Waals surface area contributed by atoms with E-state index in [9.17, 15) is 13.6 Å². The molecule has 0 aliphatic heterocycles. The molecule has 0 aromatic carbocycles. The lowest BCUT2D eigenvalue weighted by Crippen LogP contribution is -2.09. The lowest BCUT2D eigenvalue weighted by Gasteiger charge is -2.04. The van der Waals surface area contributed by atoms with Crippen LogP contribution in [0.5, 0.6) is 0 Å². The van der Waals surface area contributed by atoms with Gasteiger partial charge in [0.05, 0.1) is 0 Å². The van der Waals surface area contributed by atoms with Gasteiger partial charge in [-0.15, -0.1) is 0 Å². The summed E-state index contributed by atoms with van der Waals surface area (Å²) < 4.78 is 26.4. The average Bonchev–Trinajstić information content (AvgIpc) is 2.35. The van der Waals surface area contributed by atoms with Gasteiger partial charge in [0.25, 0.3) is 0 Å². The van der Waals surface area contributed by atoms with E-state index in [0.29, 0.717) is 0 Å². The molecule has 0 N–H and O–H groups in total.